The number of hydrogen-bond donors (Lipinski definition) is 1. The van der Waals surface area contributed by atoms with Gasteiger partial charge in [0.15, 0.2) is 0 Å². The third-order valence-electron chi connectivity index (χ3n) is 1.24. The predicted octanol–water partition coefficient (Wildman–Crippen LogP) is -0.0125. The van der Waals surface area contributed by atoms with Gasteiger partial charge >= 0.3 is 0 Å². The van der Waals surface area contributed by atoms with Crippen LogP contribution in [0.4, 0.5) is 0 Å². The van der Waals surface area contributed by atoms with Gasteiger partial charge in [0.25, 0.3) is 0 Å². The third kappa shape index (κ3) is 1.45. The van der Waals surface area contributed by atoms with E-state index in [-0.39, 0.29) is 0 Å². The topological polar surface area (TPSA) is 20.2 Å². The number of rotatable bonds is 0. The van der Waals surface area contributed by atoms with Gasteiger partial charge in [0, 0.05) is 13.8 Å². The van der Waals surface area contributed by atoms with Gasteiger partial charge in [0.05, 0.1) is 0 Å². The molecule has 9 heavy (non-hydrogen) atoms. The summed E-state index contributed by atoms with van der Waals surface area (Å²) in [6, 6.07) is 5.59. The van der Waals surface area contributed by atoms with E-state index in [2.05, 4.69) is 22.6 Å². The van der Waals surface area contributed by atoms with Gasteiger partial charge in [0.1, 0.15) is 5.75 Å². The fourth-order valence-electron chi connectivity index (χ4n) is 0.596. The van der Waals surface area contributed by atoms with E-state index in [0.29, 0.717) is 5.75 Å². The highest BCUT2D eigenvalue weighted by Gasteiger charge is 1.95. The molecule has 0 radical (unpaired) electrons. The standard InChI is InChI=1S/C6H7IOSi/c7-4-2-1-3-5(8)6(4)9/h1-3,8H,9H3. The molecule has 0 saturated carbocycles. The van der Waals surface area contributed by atoms with Gasteiger partial charge in [-0.3, -0.25) is 0 Å². The Morgan fingerprint density at radius 2 is 2.11 bits per heavy atom. The molecule has 1 aromatic rings. The minimum atomic E-state index is 0.438. The van der Waals surface area contributed by atoms with Crippen molar-refractivity contribution < 1.29 is 5.11 Å². The Labute approximate surface area is 70.7 Å². The molecule has 0 fully saturated rings. The lowest BCUT2D eigenvalue weighted by atomic mass is 10.3. The van der Waals surface area contributed by atoms with Crippen molar-refractivity contribution in [3.8, 4) is 5.75 Å². The summed E-state index contributed by atoms with van der Waals surface area (Å²) in [6.07, 6.45) is 0. The molecule has 0 unspecified atom stereocenters. The monoisotopic (exact) mass is 250 g/mol. The van der Waals surface area contributed by atoms with Gasteiger partial charge in [0.2, 0.25) is 0 Å². The van der Waals surface area contributed by atoms with Gasteiger partial charge < -0.3 is 5.11 Å². The summed E-state index contributed by atoms with van der Waals surface area (Å²) in [5.74, 6) is 0.438. The van der Waals surface area contributed by atoms with E-state index in [1.54, 1.807) is 6.07 Å². The summed E-state index contributed by atoms with van der Waals surface area (Å²) in [5.41, 5.74) is 0. The van der Waals surface area contributed by atoms with Crippen LogP contribution in [0.3, 0.4) is 0 Å². The Bertz CT molecular complexity index is 204. The van der Waals surface area contributed by atoms with Crippen molar-refractivity contribution in [2.24, 2.45) is 0 Å². The highest BCUT2D eigenvalue weighted by molar-refractivity contribution is 14.1. The fraction of sp³-hybridized carbons (Fsp3) is 0. The molecule has 0 bridgehead atoms. The fourth-order valence-corrected chi connectivity index (χ4v) is 1.41. The van der Waals surface area contributed by atoms with Gasteiger partial charge in [-0.2, -0.15) is 0 Å². The van der Waals surface area contributed by atoms with Crippen LogP contribution in [0.5, 0.6) is 5.75 Å². The van der Waals surface area contributed by atoms with Gasteiger partial charge in [-0.15, -0.1) is 0 Å². The summed E-state index contributed by atoms with van der Waals surface area (Å²) in [4.78, 5) is 0. The first kappa shape index (κ1) is 7.08. The number of aromatic hydroxyl groups is 1. The van der Waals surface area contributed by atoms with E-state index in [1.165, 1.54) is 3.57 Å². The maximum Gasteiger partial charge on any atom is 0.114 e. The summed E-state index contributed by atoms with van der Waals surface area (Å²) >= 11 is 2.22. The molecule has 1 aromatic carbocycles. The minimum absolute atomic E-state index is 0.438. The summed E-state index contributed by atoms with van der Waals surface area (Å²) in [5, 5.41) is 10.2. The van der Waals surface area contributed by atoms with Crippen molar-refractivity contribution in [1.82, 2.24) is 0 Å². The number of phenolic OH excluding ortho intramolecular Hbond substituents is 1. The molecule has 3 heteroatoms. The van der Waals surface area contributed by atoms with Crippen molar-refractivity contribution in [3.63, 3.8) is 0 Å². The first-order valence-electron chi connectivity index (χ1n) is 2.66. The highest BCUT2D eigenvalue weighted by Crippen LogP contribution is 2.07. The molecule has 0 aliphatic heterocycles. The zero-order valence-electron chi connectivity index (χ0n) is 5.06. The summed E-state index contributed by atoms with van der Waals surface area (Å²) in [6.45, 7) is 0. The molecule has 1 N–H and O–H groups in total. The molecule has 0 aliphatic carbocycles. The van der Waals surface area contributed by atoms with Crippen LogP contribution >= 0.6 is 22.6 Å². The molecule has 0 heterocycles. The SMILES string of the molecule is Oc1cccc(I)c1[SiH3]. The second-order valence-electron chi connectivity index (χ2n) is 1.88. The van der Waals surface area contributed by atoms with Crippen LogP contribution in [-0.2, 0) is 0 Å². The molecule has 0 saturated heterocycles. The summed E-state index contributed by atoms with van der Waals surface area (Å²) < 4.78 is 1.17. The van der Waals surface area contributed by atoms with Gasteiger partial charge in [-0.1, -0.05) is 6.07 Å². The molecule has 0 spiro atoms. The molecular formula is C6H7IOSi. The molecule has 0 aromatic heterocycles. The number of benzene rings is 1. The van der Waals surface area contributed by atoms with Crippen LogP contribution in [0.25, 0.3) is 0 Å². The quantitative estimate of drug-likeness (QED) is 0.507. The van der Waals surface area contributed by atoms with E-state index in [9.17, 15) is 0 Å². The lowest BCUT2D eigenvalue weighted by Crippen LogP contribution is -2.06. The Balaban J connectivity index is 3.25. The van der Waals surface area contributed by atoms with Crippen LogP contribution in [0.1, 0.15) is 0 Å². The first-order valence-corrected chi connectivity index (χ1v) is 4.74. The molecule has 48 valence electrons. The lowest BCUT2D eigenvalue weighted by molar-refractivity contribution is 0.479. The minimum Gasteiger partial charge on any atom is -0.508 e. The normalized spacial score (nSPS) is 9.89. The van der Waals surface area contributed by atoms with E-state index < -0.39 is 0 Å². The van der Waals surface area contributed by atoms with Gasteiger partial charge in [-0.05, 0) is 39.9 Å². The Morgan fingerprint density at radius 3 is 2.56 bits per heavy atom. The second kappa shape index (κ2) is 2.70. The van der Waals surface area contributed by atoms with Crippen molar-refractivity contribution in [2.75, 3.05) is 0 Å². The zero-order valence-corrected chi connectivity index (χ0v) is 9.21. The van der Waals surface area contributed by atoms with E-state index in [4.69, 9.17) is 5.11 Å². The Hall–Kier alpha value is -0.0331. The van der Waals surface area contributed by atoms with Crippen molar-refractivity contribution in [3.05, 3.63) is 21.8 Å². The van der Waals surface area contributed by atoms with Crippen LogP contribution in [-0.4, -0.2) is 15.3 Å². The van der Waals surface area contributed by atoms with E-state index >= 15 is 0 Å². The smallest absolute Gasteiger partial charge is 0.114 e. The van der Waals surface area contributed by atoms with Gasteiger partial charge in [-0.25, -0.2) is 0 Å². The summed E-state index contributed by atoms with van der Waals surface area (Å²) in [7, 11) is 0.921. The second-order valence-corrected chi connectivity index (χ2v) is 4.05. The molecule has 1 nitrogen and oxygen atoms in total. The number of hydrogen-bond acceptors (Lipinski definition) is 1. The van der Waals surface area contributed by atoms with E-state index in [0.717, 1.165) is 15.4 Å². The maximum absolute atomic E-state index is 9.13. The van der Waals surface area contributed by atoms with Crippen molar-refractivity contribution >= 4 is 38.0 Å². The molecule has 1 rings (SSSR count). The van der Waals surface area contributed by atoms with Crippen LogP contribution in [0.2, 0.25) is 0 Å². The average Bonchev–Trinajstić information content (AvgIpc) is 1.83. The van der Waals surface area contributed by atoms with Crippen molar-refractivity contribution in [1.29, 1.82) is 0 Å². The van der Waals surface area contributed by atoms with E-state index in [1.807, 2.05) is 12.1 Å². The lowest BCUT2D eigenvalue weighted by Gasteiger charge is -1.98. The average molecular weight is 250 g/mol. The predicted molar refractivity (Wildman–Crippen MR) is 50.4 cm³/mol. The maximum atomic E-state index is 9.13. The molecular weight excluding hydrogens is 243 g/mol. The third-order valence-corrected chi connectivity index (χ3v) is 4.48. The molecule has 0 amide bonds. The van der Waals surface area contributed by atoms with Crippen molar-refractivity contribution in [2.45, 2.75) is 0 Å². The Morgan fingerprint density at radius 1 is 1.44 bits per heavy atom. The zero-order chi connectivity index (χ0) is 6.85. The molecule has 0 atom stereocenters. The van der Waals surface area contributed by atoms with Crippen LogP contribution < -0.4 is 5.19 Å². The highest BCUT2D eigenvalue weighted by atomic mass is 127. The van der Waals surface area contributed by atoms with Crippen LogP contribution in [0.15, 0.2) is 18.2 Å². The first-order chi connectivity index (χ1) is 4.22. The number of halogens is 1. The Kier molecular flexibility index (Phi) is 2.12. The molecule has 0 aliphatic rings. The largest absolute Gasteiger partial charge is 0.508 e. The number of phenols is 1. The van der Waals surface area contributed by atoms with Crippen LogP contribution in [0, 0.1) is 3.57 Å².